The lowest BCUT2D eigenvalue weighted by molar-refractivity contribution is 0.100. The highest BCUT2D eigenvalue weighted by atomic mass is 79.9. The molecule has 5 nitrogen and oxygen atoms in total. The van der Waals surface area contributed by atoms with E-state index in [1.54, 1.807) is 12.1 Å². The van der Waals surface area contributed by atoms with Gasteiger partial charge in [0.1, 0.15) is 5.69 Å². The Labute approximate surface area is 136 Å². The molecule has 3 rings (SSSR count). The van der Waals surface area contributed by atoms with Crippen molar-refractivity contribution in [1.82, 2.24) is 15.1 Å². The van der Waals surface area contributed by atoms with Crippen molar-refractivity contribution in [2.24, 2.45) is 0 Å². The number of carbonyl (C=O) groups is 1. The van der Waals surface area contributed by atoms with Crippen LogP contribution in [-0.4, -0.2) is 21.0 Å². The number of halogens is 1. The zero-order valence-electron chi connectivity index (χ0n) is 11.8. The quantitative estimate of drug-likeness (QED) is 0.782. The van der Waals surface area contributed by atoms with Gasteiger partial charge in [0.2, 0.25) is 0 Å². The van der Waals surface area contributed by atoms with E-state index in [1.807, 2.05) is 49.4 Å². The van der Waals surface area contributed by atoms with Crippen LogP contribution in [-0.2, 0) is 0 Å². The predicted octanol–water partition coefficient (Wildman–Crippen LogP) is 3.40. The van der Waals surface area contributed by atoms with E-state index in [9.17, 15) is 4.79 Å². The van der Waals surface area contributed by atoms with Crippen LogP contribution in [0.25, 0.3) is 11.3 Å². The van der Waals surface area contributed by atoms with Crippen molar-refractivity contribution < 1.29 is 4.79 Å². The smallest absolute Gasteiger partial charge is 0.267 e. The number of hydrogen-bond donors (Lipinski definition) is 1. The van der Waals surface area contributed by atoms with E-state index >= 15 is 0 Å². The number of aromatic nitrogens is 3. The lowest BCUT2D eigenvalue weighted by Gasteiger charge is -2.06. The fourth-order valence-corrected chi connectivity index (χ4v) is 2.32. The third-order valence-electron chi connectivity index (χ3n) is 3.26. The van der Waals surface area contributed by atoms with Crippen molar-refractivity contribution in [3.05, 3.63) is 70.3 Å². The average molecular weight is 357 g/mol. The van der Waals surface area contributed by atoms with Crippen molar-refractivity contribution in [2.45, 2.75) is 6.92 Å². The van der Waals surface area contributed by atoms with Gasteiger partial charge in [0.15, 0.2) is 0 Å². The molecule has 0 fully saturated rings. The summed E-state index contributed by atoms with van der Waals surface area (Å²) in [4.78, 5) is 13.5. The van der Waals surface area contributed by atoms with Crippen molar-refractivity contribution >= 4 is 21.8 Å². The van der Waals surface area contributed by atoms with Gasteiger partial charge in [-0.2, -0.15) is 4.79 Å². The number of rotatable bonds is 3. The molecule has 1 heterocycles. The van der Waals surface area contributed by atoms with E-state index in [0.717, 1.165) is 21.4 Å². The van der Waals surface area contributed by atoms with E-state index in [0.29, 0.717) is 5.56 Å². The van der Waals surface area contributed by atoms with Crippen LogP contribution in [0.15, 0.2) is 59.1 Å². The Kier molecular flexibility index (Phi) is 4.02. The summed E-state index contributed by atoms with van der Waals surface area (Å²) >= 11 is 3.40. The Balaban J connectivity index is 1.85. The standard InChI is InChI=1S/C16H13BrN4O/c1-11-15(12-7-9-14(17)10-8-12)18-20-21(11)19-16(22)13-5-3-2-4-6-13/h2-10H,1H3,(H,19,22). The molecule has 6 heteroatoms. The largest absolute Gasteiger partial charge is 0.271 e. The van der Waals surface area contributed by atoms with Crippen LogP contribution in [0.2, 0.25) is 0 Å². The Morgan fingerprint density at radius 2 is 1.77 bits per heavy atom. The zero-order valence-corrected chi connectivity index (χ0v) is 13.4. The molecule has 0 aliphatic rings. The summed E-state index contributed by atoms with van der Waals surface area (Å²) in [6.07, 6.45) is 0. The Morgan fingerprint density at radius 1 is 1.09 bits per heavy atom. The molecule has 1 aromatic heterocycles. The van der Waals surface area contributed by atoms with Crippen LogP contribution < -0.4 is 5.43 Å². The van der Waals surface area contributed by atoms with E-state index in [2.05, 4.69) is 31.7 Å². The molecular formula is C16H13BrN4O. The zero-order chi connectivity index (χ0) is 15.5. The molecule has 110 valence electrons. The van der Waals surface area contributed by atoms with Gasteiger partial charge in [-0.15, -0.1) is 5.10 Å². The minimum atomic E-state index is -0.226. The van der Waals surface area contributed by atoms with Crippen molar-refractivity contribution in [3.8, 4) is 11.3 Å². The van der Waals surface area contributed by atoms with Crippen LogP contribution in [0, 0.1) is 6.92 Å². The number of hydrogen-bond acceptors (Lipinski definition) is 3. The highest BCUT2D eigenvalue weighted by molar-refractivity contribution is 9.10. The van der Waals surface area contributed by atoms with Gasteiger partial charge in [0.05, 0.1) is 5.69 Å². The summed E-state index contributed by atoms with van der Waals surface area (Å²) in [5, 5.41) is 8.15. The minimum absolute atomic E-state index is 0.226. The maximum absolute atomic E-state index is 12.2. The summed E-state index contributed by atoms with van der Waals surface area (Å²) < 4.78 is 0.999. The molecule has 2 aromatic carbocycles. The summed E-state index contributed by atoms with van der Waals surface area (Å²) in [6, 6.07) is 16.8. The lowest BCUT2D eigenvalue weighted by atomic mass is 10.1. The second-order valence-corrected chi connectivity index (χ2v) is 5.66. The molecule has 1 amide bonds. The maximum Gasteiger partial charge on any atom is 0.271 e. The number of nitrogens with zero attached hydrogens (tertiary/aromatic N) is 3. The first-order valence-electron chi connectivity index (χ1n) is 6.70. The molecule has 22 heavy (non-hydrogen) atoms. The molecule has 0 saturated heterocycles. The number of carbonyl (C=O) groups excluding carboxylic acids is 1. The molecule has 0 aliphatic heterocycles. The Bertz CT molecular complexity index is 797. The molecule has 0 radical (unpaired) electrons. The molecule has 0 spiro atoms. The second kappa shape index (κ2) is 6.11. The van der Waals surface area contributed by atoms with E-state index in [-0.39, 0.29) is 5.91 Å². The van der Waals surface area contributed by atoms with E-state index in [4.69, 9.17) is 0 Å². The highest BCUT2D eigenvalue weighted by Gasteiger charge is 2.13. The van der Waals surface area contributed by atoms with Crippen LogP contribution >= 0.6 is 15.9 Å². The average Bonchev–Trinajstić information content (AvgIpc) is 2.90. The fraction of sp³-hybridized carbons (Fsp3) is 0.0625. The SMILES string of the molecule is Cc1c(-c2ccc(Br)cc2)nnn1NC(=O)c1ccccc1. The molecule has 1 N–H and O–H groups in total. The monoisotopic (exact) mass is 356 g/mol. The van der Waals surface area contributed by atoms with Gasteiger partial charge < -0.3 is 0 Å². The van der Waals surface area contributed by atoms with Gasteiger partial charge in [-0.1, -0.05) is 46.3 Å². The first-order valence-corrected chi connectivity index (χ1v) is 7.49. The van der Waals surface area contributed by atoms with Crippen LogP contribution in [0.1, 0.15) is 16.1 Å². The van der Waals surface area contributed by atoms with Crippen molar-refractivity contribution in [3.63, 3.8) is 0 Å². The van der Waals surface area contributed by atoms with Crippen LogP contribution in [0.3, 0.4) is 0 Å². The maximum atomic E-state index is 12.2. The first kappa shape index (κ1) is 14.5. The minimum Gasteiger partial charge on any atom is -0.267 e. The Hall–Kier alpha value is -2.47. The number of benzene rings is 2. The molecule has 0 saturated carbocycles. The van der Waals surface area contributed by atoms with Gasteiger partial charge in [0, 0.05) is 15.6 Å². The van der Waals surface area contributed by atoms with Gasteiger partial charge in [-0.25, -0.2) is 5.43 Å². The third kappa shape index (κ3) is 2.92. The molecular weight excluding hydrogens is 344 g/mol. The fourth-order valence-electron chi connectivity index (χ4n) is 2.06. The van der Waals surface area contributed by atoms with E-state index < -0.39 is 0 Å². The van der Waals surface area contributed by atoms with E-state index in [1.165, 1.54) is 4.79 Å². The van der Waals surface area contributed by atoms with Crippen LogP contribution in [0.5, 0.6) is 0 Å². The molecule has 0 bridgehead atoms. The number of amides is 1. The molecule has 0 atom stereocenters. The third-order valence-corrected chi connectivity index (χ3v) is 3.78. The molecule has 3 aromatic rings. The van der Waals surface area contributed by atoms with Gasteiger partial charge in [-0.3, -0.25) is 4.79 Å². The Morgan fingerprint density at radius 3 is 2.45 bits per heavy atom. The normalized spacial score (nSPS) is 10.5. The summed E-state index contributed by atoms with van der Waals surface area (Å²) in [5.41, 5.74) is 5.75. The topological polar surface area (TPSA) is 59.8 Å². The lowest BCUT2D eigenvalue weighted by Crippen LogP contribution is -2.25. The summed E-state index contributed by atoms with van der Waals surface area (Å²) in [6.45, 7) is 1.86. The van der Waals surface area contributed by atoms with Gasteiger partial charge in [0.25, 0.3) is 5.91 Å². The second-order valence-electron chi connectivity index (χ2n) is 4.75. The van der Waals surface area contributed by atoms with Gasteiger partial charge in [-0.05, 0) is 36.4 Å². The van der Waals surface area contributed by atoms with Crippen molar-refractivity contribution in [1.29, 1.82) is 0 Å². The number of nitrogens with one attached hydrogen (secondary N) is 1. The predicted molar refractivity (Wildman–Crippen MR) is 88.0 cm³/mol. The molecule has 0 unspecified atom stereocenters. The van der Waals surface area contributed by atoms with Crippen molar-refractivity contribution in [2.75, 3.05) is 5.43 Å². The van der Waals surface area contributed by atoms with Crippen LogP contribution in [0.4, 0.5) is 0 Å². The highest BCUT2D eigenvalue weighted by Crippen LogP contribution is 2.22. The summed E-state index contributed by atoms with van der Waals surface area (Å²) in [7, 11) is 0. The first-order chi connectivity index (χ1) is 10.6. The summed E-state index contributed by atoms with van der Waals surface area (Å²) in [5.74, 6) is -0.226. The van der Waals surface area contributed by atoms with Gasteiger partial charge >= 0.3 is 0 Å². The molecule has 0 aliphatic carbocycles.